The van der Waals surface area contributed by atoms with Crippen LogP contribution in [0.25, 0.3) is 0 Å². The molecule has 0 radical (unpaired) electrons. The standard InChI is InChI=1S/C34H60/c1-2-4-9-18-28-34(32-25-26-32,31-23-15-16-24-31)33(27-17-8-3-1,30-21-13-10-14-22-30)29-19-11-6-5-7-12-20-29/h29-32H,1-28H2. The lowest BCUT2D eigenvalue weighted by atomic mass is 9.41. The van der Waals surface area contributed by atoms with Gasteiger partial charge in [-0.1, -0.05) is 116 Å². The quantitative estimate of drug-likeness (QED) is 0.385. The minimum atomic E-state index is 0.708. The fourth-order valence-electron chi connectivity index (χ4n) is 11.0. The smallest absolute Gasteiger partial charge is 0.0179 e. The van der Waals surface area contributed by atoms with E-state index in [9.17, 15) is 0 Å². The molecule has 0 aromatic rings. The van der Waals surface area contributed by atoms with Crippen LogP contribution in [0, 0.1) is 34.5 Å². The van der Waals surface area contributed by atoms with Crippen LogP contribution in [0.15, 0.2) is 0 Å². The lowest BCUT2D eigenvalue weighted by Crippen LogP contribution is -2.57. The molecule has 5 fully saturated rings. The van der Waals surface area contributed by atoms with Gasteiger partial charge in [0, 0.05) is 0 Å². The van der Waals surface area contributed by atoms with E-state index in [1.54, 1.807) is 128 Å². The first-order valence-electron chi connectivity index (χ1n) is 16.9. The summed E-state index contributed by atoms with van der Waals surface area (Å²) >= 11 is 0. The van der Waals surface area contributed by atoms with Crippen LogP contribution in [-0.2, 0) is 0 Å². The maximum Gasteiger partial charge on any atom is -0.0179 e. The van der Waals surface area contributed by atoms with Crippen molar-refractivity contribution in [3.05, 3.63) is 0 Å². The summed E-state index contributed by atoms with van der Waals surface area (Å²) in [4.78, 5) is 0. The van der Waals surface area contributed by atoms with Crippen LogP contribution in [0.4, 0.5) is 0 Å². The van der Waals surface area contributed by atoms with Gasteiger partial charge in [-0.05, 0) is 98.7 Å². The van der Waals surface area contributed by atoms with Gasteiger partial charge in [0.25, 0.3) is 0 Å². The Labute approximate surface area is 214 Å². The maximum atomic E-state index is 1.65. The maximum absolute atomic E-state index is 1.65. The summed E-state index contributed by atoms with van der Waals surface area (Å²) in [7, 11) is 0. The van der Waals surface area contributed by atoms with Gasteiger partial charge in [-0.25, -0.2) is 0 Å². The molecule has 0 bridgehead atoms. The van der Waals surface area contributed by atoms with E-state index in [2.05, 4.69) is 0 Å². The van der Waals surface area contributed by atoms with Crippen molar-refractivity contribution in [2.45, 2.75) is 180 Å². The fourth-order valence-corrected chi connectivity index (χ4v) is 11.0. The van der Waals surface area contributed by atoms with Crippen LogP contribution in [0.2, 0.25) is 0 Å². The Morgan fingerprint density at radius 2 is 0.471 bits per heavy atom. The minimum Gasteiger partial charge on any atom is -0.0533 e. The summed E-state index contributed by atoms with van der Waals surface area (Å²) in [5.74, 6) is 4.36. The molecule has 0 N–H and O–H groups in total. The third kappa shape index (κ3) is 5.32. The molecule has 0 aliphatic heterocycles. The zero-order chi connectivity index (χ0) is 23.1. The summed E-state index contributed by atoms with van der Waals surface area (Å²) in [6.45, 7) is 0. The highest BCUT2D eigenvalue weighted by Gasteiger charge is 2.65. The first kappa shape index (κ1) is 25.6. The molecule has 0 saturated heterocycles. The molecule has 0 heterocycles. The monoisotopic (exact) mass is 468 g/mol. The Bertz CT molecular complexity index is 569. The molecule has 0 nitrogen and oxygen atoms in total. The molecule has 34 heavy (non-hydrogen) atoms. The zero-order valence-electron chi connectivity index (χ0n) is 23.1. The van der Waals surface area contributed by atoms with Crippen molar-refractivity contribution in [2.75, 3.05) is 0 Å². The number of hydrogen-bond acceptors (Lipinski definition) is 0. The van der Waals surface area contributed by atoms with Crippen molar-refractivity contribution in [2.24, 2.45) is 34.5 Å². The van der Waals surface area contributed by atoms with E-state index < -0.39 is 0 Å². The molecular weight excluding hydrogens is 408 g/mol. The molecule has 0 aromatic heterocycles. The third-order valence-electron chi connectivity index (χ3n) is 12.4. The summed E-state index contributed by atoms with van der Waals surface area (Å²) in [5.41, 5.74) is 1.44. The number of hydrogen-bond donors (Lipinski definition) is 0. The predicted octanol–water partition coefficient (Wildman–Crippen LogP) is 11.4. The molecule has 5 aliphatic rings. The highest BCUT2D eigenvalue weighted by atomic mass is 14.7. The van der Waals surface area contributed by atoms with Crippen molar-refractivity contribution in [3.63, 3.8) is 0 Å². The normalized spacial score (nSPS) is 37.4. The molecular formula is C34H60. The van der Waals surface area contributed by atoms with Crippen molar-refractivity contribution in [1.29, 1.82) is 0 Å². The Morgan fingerprint density at radius 3 is 0.824 bits per heavy atom. The Kier molecular flexibility index (Phi) is 9.42. The molecule has 5 saturated carbocycles. The van der Waals surface area contributed by atoms with Crippen LogP contribution in [-0.4, -0.2) is 0 Å². The second-order valence-corrected chi connectivity index (χ2v) is 14.0. The minimum absolute atomic E-state index is 0.708. The van der Waals surface area contributed by atoms with E-state index in [1.807, 2.05) is 0 Å². The average molecular weight is 469 g/mol. The van der Waals surface area contributed by atoms with Gasteiger partial charge in [0.1, 0.15) is 0 Å². The molecule has 0 spiro atoms. The van der Waals surface area contributed by atoms with E-state index in [1.165, 1.54) is 51.4 Å². The Hall–Kier alpha value is 0. The van der Waals surface area contributed by atoms with Gasteiger partial charge >= 0.3 is 0 Å². The Balaban J connectivity index is 1.61. The topological polar surface area (TPSA) is 0 Å². The van der Waals surface area contributed by atoms with Crippen LogP contribution in [0.5, 0.6) is 0 Å². The number of rotatable bonds is 4. The van der Waals surface area contributed by atoms with Crippen molar-refractivity contribution >= 4 is 0 Å². The zero-order valence-corrected chi connectivity index (χ0v) is 23.1. The van der Waals surface area contributed by atoms with Crippen LogP contribution in [0.3, 0.4) is 0 Å². The molecule has 0 aromatic carbocycles. The van der Waals surface area contributed by atoms with Gasteiger partial charge in [-0.15, -0.1) is 0 Å². The average Bonchev–Trinajstić information content (AvgIpc) is 3.54. The van der Waals surface area contributed by atoms with Gasteiger partial charge < -0.3 is 0 Å². The molecule has 0 amide bonds. The SMILES string of the molecule is C1CCCCCC(C2CCCC2)(C2CC2)C(C2CCCCCCC2)(C2CCCCC2)CCCC1. The highest BCUT2D eigenvalue weighted by Crippen LogP contribution is 2.73. The second-order valence-electron chi connectivity index (χ2n) is 14.0. The lowest BCUT2D eigenvalue weighted by Gasteiger charge is -2.64. The van der Waals surface area contributed by atoms with Gasteiger partial charge in [-0.3, -0.25) is 0 Å². The fraction of sp³-hybridized carbons (Fsp3) is 1.00. The van der Waals surface area contributed by atoms with E-state index >= 15 is 0 Å². The molecule has 5 aliphatic carbocycles. The lowest BCUT2D eigenvalue weighted by molar-refractivity contribution is -0.154. The second kappa shape index (κ2) is 12.5. The van der Waals surface area contributed by atoms with E-state index in [0.29, 0.717) is 5.41 Å². The van der Waals surface area contributed by atoms with E-state index in [4.69, 9.17) is 0 Å². The summed E-state index contributed by atoms with van der Waals surface area (Å²) in [6.07, 6.45) is 44.0. The Morgan fingerprint density at radius 1 is 0.235 bits per heavy atom. The van der Waals surface area contributed by atoms with E-state index in [0.717, 1.165) is 29.1 Å². The summed E-state index contributed by atoms with van der Waals surface area (Å²) in [6, 6.07) is 0. The van der Waals surface area contributed by atoms with Crippen molar-refractivity contribution < 1.29 is 0 Å². The van der Waals surface area contributed by atoms with Crippen molar-refractivity contribution in [1.82, 2.24) is 0 Å². The van der Waals surface area contributed by atoms with Gasteiger partial charge in [0.2, 0.25) is 0 Å². The first-order valence-corrected chi connectivity index (χ1v) is 16.9. The van der Waals surface area contributed by atoms with E-state index in [-0.39, 0.29) is 0 Å². The molecule has 196 valence electrons. The molecule has 2 atom stereocenters. The molecule has 5 rings (SSSR count). The third-order valence-corrected chi connectivity index (χ3v) is 12.4. The van der Waals surface area contributed by atoms with Gasteiger partial charge in [-0.2, -0.15) is 0 Å². The predicted molar refractivity (Wildman–Crippen MR) is 148 cm³/mol. The van der Waals surface area contributed by atoms with Gasteiger partial charge in [0.05, 0.1) is 0 Å². The molecule has 2 unspecified atom stereocenters. The molecule has 0 heteroatoms. The summed E-state index contributed by atoms with van der Waals surface area (Å²) < 4.78 is 0. The first-order chi connectivity index (χ1) is 16.9. The van der Waals surface area contributed by atoms with Crippen LogP contribution >= 0.6 is 0 Å². The van der Waals surface area contributed by atoms with Crippen molar-refractivity contribution in [3.8, 4) is 0 Å². The van der Waals surface area contributed by atoms with Crippen LogP contribution in [0.1, 0.15) is 180 Å². The highest BCUT2D eigenvalue weighted by molar-refractivity contribution is 5.13. The van der Waals surface area contributed by atoms with Gasteiger partial charge in [0.15, 0.2) is 0 Å². The largest absolute Gasteiger partial charge is 0.0533 e. The van der Waals surface area contributed by atoms with Crippen LogP contribution < -0.4 is 0 Å². The summed E-state index contributed by atoms with van der Waals surface area (Å²) in [5, 5.41) is 0.